The van der Waals surface area contributed by atoms with Gasteiger partial charge in [-0.25, -0.2) is 4.39 Å². The molecule has 0 saturated carbocycles. The highest BCUT2D eigenvalue weighted by Crippen LogP contribution is 2.26. The van der Waals surface area contributed by atoms with Gasteiger partial charge in [-0.05, 0) is 24.3 Å². The summed E-state index contributed by atoms with van der Waals surface area (Å²) in [5.74, 6) is -1.02. The van der Waals surface area contributed by atoms with Crippen LogP contribution in [-0.4, -0.2) is 45.0 Å². The van der Waals surface area contributed by atoms with E-state index in [1.807, 2.05) is 0 Å². The van der Waals surface area contributed by atoms with E-state index in [2.05, 4.69) is 10.6 Å². The molecule has 8 nitrogen and oxygen atoms in total. The van der Waals surface area contributed by atoms with E-state index in [1.54, 1.807) is 18.2 Å². The third-order valence-corrected chi connectivity index (χ3v) is 4.69. The van der Waals surface area contributed by atoms with Crippen molar-refractivity contribution in [2.75, 3.05) is 37.5 Å². The second-order valence-electron chi connectivity index (χ2n) is 6.75. The van der Waals surface area contributed by atoms with Crippen LogP contribution in [0.1, 0.15) is 6.42 Å². The summed E-state index contributed by atoms with van der Waals surface area (Å²) < 4.78 is 23.4. The lowest BCUT2D eigenvalue weighted by molar-refractivity contribution is -0.127. The number of hydrogen-bond donors (Lipinski definition) is 2. The molecule has 9 heteroatoms. The van der Waals surface area contributed by atoms with Gasteiger partial charge in [0.2, 0.25) is 17.7 Å². The summed E-state index contributed by atoms with van der Waals surface area (Å²) in [6.45, 7) is -0.0788. The first kappa shape index (κ1) is 21.1. The van der Waals surface area contributed by atoms with Crippen LogP contribution < -0.4 is 25.0 Å². The van der Waals surface area contributed by atoms with Crippen molar-refractivity contribution in [2.45, 2.75) is 6.42 Å². The molecule has 30 heavy (non-hydrogen) atoms. The number of benzene rings is 2. The molecule has 1 aliphatic rings. The fourth-order valence-electron chi connectivity index (χ4n) is 3.15. The van der Waals surface area contributed by atoms with Crippen LogP contribution in [0.5, 0.6) is 11.5 Å². The summed E-state index contributed by atoms with van der Waals surface area (Å²) in [6, 6.07) is 10.4. The quantitative estimate of drug-likeness (QED) is 0.721. The molecule has 3 rings (SSSR count). The van der Waals surface area contributed by atoms with Crippen LogP contribution in [0, 0.1) is 11.7 Å². The topological polar surface area (TPSA) is 97.0 Å². The molecule has 1 heterocycles. The van der Waals surface area contributed by atoms with Gasteiger partial charge in [0.05, 0.1) is 26.7 Å². The van der Waals surface area contributed by atoms with E-state index >= 15 is 0 Å². The second-order valence-corrected chi connectivity index (χ2v) is 6.75. The van der Waals surface area contributed by atoms with Crippen molar-refractivity contribution < 1.29 is 28.2 Å². The van der Waals surface area contributed by atoms with E-state index in [0.717, 1.165) is 0 Å². The molecule has 1 fully saturated rings. The first-order valence-electron chi connectivity index (χ1n) is 9.26. The highest BCUT2D eigenvalue weighted by molar-refractivity contribution is 6.01. The maximum absolute atomic E-state index is 13.1. The number of nitrogens with zero attached hydrogens (tertiary/aromatic N) is 1. The third kappa shape index (κ3) is 5.05. The van der Waals surface area contributed by atoms with Crippen LogP contribution in [0.4, 0.5) is 15.8 Å². The van der Waals surface area contributed by atoms with Crippen molar-refractivity contribution in [1.82, 2.24) is 5.32 Å². The average molecular weight is 415 g/mol. The van der Waals surface area contributed by atoms with Crippen molar-refractivity contribution in [3.8, 4) is 11.5 Å². The van der Waals surface area contributed by atoms with Crippen LogP contribution >= 0.6 is 0 Å². The Bertz CT molecular complexity index is 926. The first-order valence-corrected chi connectivity index (χ1v) is 9.26. The van der Waals surface area contributed by atoms with Crippen molar-refractivity contribution in [1.29, 1.82) is 0 Å². The van der Waals surface area contributed by atoms with Gasteiger partial charge in [0, 0.05) is 42.5 Å². The fraction of sp³-hybridized carbons (Fsp3) is 0.286. The number of halogens is 1. The number of rotatable bonds is 7. The molecule has 0 aliphatic carbocycles. The maximum Gasteiger partial charge on any atom is 0.243 e. The van der Waals surface area contributed by atoms with Crippen molar-refractivity contribution in [3.63, 3.8) is 0 Å². The van der Waals surface area contributed by atoms with Crippen molar-refractivity contribution in [3.05, 3.63) is 48.3 Å². The summed E-state index contributed by atoms with van der Waals surface area (Å²) in [4.78, 5) is 38.3. The molecule has 3 amide bonds. The normalized spacial score (nSPS) is 15.6. The van der Waals surface area contributed by atoms with Gasteiger partial charge in [0.15, 0.2) is 0 Å². The zero-order valence-electron chi connectivity index (χ0n) is 16.6. The third-order valence-electron chi connectivity index (χ3n) is 4.69. The van der Waals surface area contributed by atoms with Crippen molar-refractivity contribution in [2.24, 2.45) is 5.92 Å². The van der Waals surface area contributed by atoms with E-state index in [1.165, 1.54) is 43.4 Å². The van der Waals surface area contributed by atoms with Gasteiger partial charge in [-0.3, -0.25) is 14.4 Å². The lowest BCUT2D eigenvalue weighted by Crippen LogP contribution is -2.37. The second kappa shape index (κ2) is 9.25. The van der Waals surface area contributed by atoms with Crippen LogP contribution in [0.2, 0.25) is 0 Å². The van der Waals surface area contributed by atoms with Gasteiger partial charge >= 0.3 is 0 Å². The number of hydrogen-bond acceptors (Lipinski definition) is 5. The Morgan fingerprint density at radius 2 is 1.73 bits per heavy atom. The molecule has 2 aromatic carbocycles. The van der Waals surface area contributed by atoms with E-state index in [0.29, 0.717) is 22.9 Å². The molecule has 1 atom stereocenters. The fourth-order valence-corrected chi connectivity index (χ4v) is 3.15. The number of anilines is 2. The Labute approximate surface area is 173 Å². The lowest BCUT2D eigenvalue weighted by Gasteiger charge is -2.16. The summed E-state index contributed by atoms with van der Waals surface area (Å²) in [6.07, 6.45) is 0.0257. The van der Waals surface area contributed by atoms with E-state index < -0.39 is 23.5 Å². The minimum absolute atomic E-state index is 0.0257. The zero-order valence-corrected chi connectivity index (χ0v) is 16.6. The Balaban J connectivity index is 1.53. The predicted octanol–water partition coefficient (Wildman–Crippen LogP) is 1.95. The smallest absolute Gasteiger partial charge is 0.243 e. The summed E-state index contributed by atoms with van der Waals surface area (Å²) in [5.41, 5.74) is 0.991. The Morgan fingerprint density at radius 1 is 1.10 bits per heavy atom. The van der Waals surface area contributed by atoms with Gasteiger partial charge < -0.3 is 25.0 Å². The Hall–Kier alpha value is -3.62. The molecular formula is C21H22FN3O5. The number of amides is 3. The molecular weight excluding hydrogens is 393 g/mol. The minimum atomic E-state index is -0.590. The summed E-state index contributed by atoms with van der Waals surface area (Å²) in [7, 11) is 3.00. The SMILES string of the molecule is COc1cc(NC(=O)CNC(=O)[C@@H]2CC(=O)N(c3ccc(F)cc3)C2)cc(OC)c1. The number of methoxy groups -OCH3 is 2. The minimum Gasteiger partial charge on any atom is -0.497 e. The number of carbonyl (C=O) groups excluding carboxylic acids is 3. The molecule has 158 valence electrons. The summed E-state index contributed by atoms with van der Waals surface area (Å²) in [5, 5.41) is 5.21. The van der Waals surface area contributed by atoms with Crippen LogP contribution in [-0.2, 0) is 14.4 Å². The predicted molar refractivity (Wildman–Crippen MR) is 108 cm³/mol. The average Bonchev–Trinajstić information content (AvgIpc) is 3.14. The molecule has 2 N–H and O–H groups in total. The number of carbonyl (C=O) groups is 3. The molecule has 0 aromatic heterocycles. The zero-order chi connectivity index (χ0) is 21.7. The van der Waals surface area contributed by atoms with E-state index in [-0.39, 0.29) is 25.4 Å². The van der Waals surface area contributed by atoms with Gasteiger partial charge in [-0.15, -0.1) is 0 Å². The standard InChI is InChI=1S/C21H22FN3O5/c1-29-17-8-15(9-18(10-17)30-2)24-19(26)11-23-21(28)13-7-20(27)25(12-13)16-5-3-14(22)4-6-16/h3-6,8-10,13H,7,11-12H2,1-2H3,(H,23,28)(H,24,26)/t13-/m1/s1. The van der Waals surface area contributed by atoms with Crippen LogP contribution in [0.25, 0.3) is 0 Å². The Kier molecular flexibility index (Phi) is 6.51. The molecule has 0 radical (unpaired) electrons. The number of nitrogens with one attached hydrogen (secondary N) is 2. The molecule has 1 aliphatic heterocycles. The van der Waals surface area contributed by atoms with Crippen LogP contribution in [0.3, 0.4) is 0 Å². The van der Waals surface area contributed by atoms with Gasteiger partial charge in [0.1, 0.15) is 17.3 Å². The molecule has 0 bridgehead atoms. The highest BCUT2D eigenvalue weighted by atomic mass is 19.1. The number of ether oxygens (including phenoxy) is 2. The monoisotopic (exact) mass is 415 g/mol. The van der Waals surface area contributed by atoms with Gasteiger partial charge in [-0.1, -0.05) is 0 Å². The van der Waals surface area contributed by atoms with E-state index in [4.69, 9.17) is 9.47 Å². The van der Waals surface area contributed by atoms with Crippen molar-refractivity contribution >= 4 is 29.1 Å². The molecule has 1 saturated heterocycles. The highest BCUT2D eigenvalue weighted by Gasteiger charge is 2.35. The van der Waals surface area contributed by atoms with Gasteiger partial charge in [-0.2, -0.15) is 0 Å². The largest absolute Gasteiger partial charge is 0.497 e. The first-order chi connectivity index (χ1) is 14.4. The van der Waals surface area contributed by atoms with Gasteiger partial charge in [0.25, 0.3) is 0 Å². The summed E-state index contributed by atoms with van der Waals surface area (Å²) >= 11 is 0. The molecule has 0 unspecified atom stereocenters. The van der Waals surface area contributed by atoms with E-state index in [9.17, 15) is 18.8 Å². The Morgan fingerprint density at radius 3 is 2.33 bits per heavy atom. The lowest BCUT2D eigenvalue weighted by atomic mass is 10.1. The molecule has 2 aromatic rings. The molecule has 0 spiro atoms. The maximum atomic E-state index is 13.1. The van der Waals surface area contributed by atoms with Crippen LogP contribution in [0.15, 0.2) is 42.5 Å².